The predicted octanol–water partition coefficient (Wildman–Crippen LogP) is 10.9. The molecule has 15 heteroatoms. The molecule has 0 aliphatic rings. The van der Waals surface area contributed by atoms with E-state index in [1.54, 1.807) is 84.9 Å². The van der Waals surface area contributed by atoms with Gasteiger partial charge in [0.1, 0.15) is 11.5 Å². The molecule has 0 aromatic heterocycles. The molecule has 0 heterocycles. The largest absolute Gasteiger partial charge is 0.489 e. The Labute approximate surface area is 418 Å². The third kappa shape index (κ3) is 17.6. The Bertz CT molecular complexity index is 2610. The normalized spacial score (nSPS) is 11.7. The van der Waals surface area contributed by atoms with Crippen molar-refractivity contribution in [3.05, 3.63) is 188 Å². The lowest BCUT2D eigenvalue weighted by Gasteiger charge is -2.19. The quantitative estimate of drug-likeness (QED) is 0.0438. The number of amides is 4. The van der Waals surface area contributed by atoms with Crippen LogP contribution in [0.2, 0.25) is 15.1 Å². The molecule has 4 amide bonds. The lowest BCUT2D eigenvalue weighted by Crippen LogP contribution is -2.37. The third-order valence-electron chi connectivity index (χ3n) is 10.3. The second kappa shape index (κ2) is 27.0. The van der Waals surface area contributed by atoms with Gasteiger partial charge in [0.15, 0.2) is 0 Å². The van der Waals surface area contributed by atoms with Gasteiger partial charge in [-0.1, -0.05) is 77.3 Å². The molecular formula is C54H57Cl3N4O8. The second-order valence-electron chi connectivity index (χ2n) is 16.6. The van der Waals surface area contributed by atoms with Gasteiger partial charge in [0.25, 0.3) is 23.6 Å². The van der Waals surface area contributed by atoms with Crippen molar-refractivity contribution in [1.82, 2.24) is 10.6 Å². The zero-order valence-electron chi connectivity index (χ0n) is 38.8. The number of carbonyl (C=O) groups is 4. The Kier molecular flexibility index (Phi) is 20.9. The first-order chi connectivity index (χ1) is 33.1. The summed E-state index contributed by atoms with van der Waals surface area (Å²) >= 11 is 18.4. The fourth-order valence-corrected chi connectivity index (χ4v) is 7.47. The number of carbonyl (C=O) groups excluding carboxylic acids is 4. The number of ether oxygens (including phenoxy) is 2. The Morgan fingerprint density at radius 3 is 1.22 bits per heavy atom. The van der Waals surface area contributed by atoms with E-state index >= 15 is 0 Å². The fourth-order valence-electron chi connectivity index (χ4n) is 6.90. The van der Waals surface area contributed by atoms with Gasteiger partial charge in [-0.05, 0) is 162 Å². The van der Waals surface area contributed by atoms with Crippen molar-refractivity contribution in [3.63, 3.8) is 0 Å². The Morgan fingerprint density at radius 1 is 0.478 bits per heavy atom. The van der Waals surface area contributed by atoms with Gasteiger partial charge in [-0.25, -0.2) is 0 Å². The Balaban J connectivity index is 0.000000258. The SMILES string of the molecule is CC(C)Oc1ccc(C(=O)N[C@H](CCO)Cc2ccc(NC(=O)c3ccc(Cl)cc3)cc2)cc1Cl.CC(C)Oc1ccc(C(=O)N[C@H](CCO)Cc2ccc(NC(=O)c3ccccc3)cc2)cc1Cl. The summed E-state index contributed by atoms with van der Waals surface area (Å²) in [7, 11) is 0. The lowest BCUT2D eigenvalue weighted by atomic mass is 10.0. The van der Waals surface area contributed by atoms with Crippen molar-refractivity contribution in [1.29, 1.82) is 0 Å². The van der Waals surface area contributed by atoms with Crippen LogP contribution in [-0.4, -0.2) is 71.3 Å². The van der Waals surface area contributed by atoms with Crippen LogP contribution in [0.5, 0.6) is 11.5 Å². The number of anilines is 2. The maximum Gasteiger partial charge on any atom is 0.255 e. The van der Waals surface area contributed by atoms with Gasteiger partial charge in [0.05, 0.1) is 22.3 Å². The van der Waals surface area contributed by atoms with E-state index in [1.165, 1.54) is 0 Å². The van der Waals surface area contributed by atoms with E-state index in [9.17, 15) is 29.4 Å². The number of nitrogens with one attached hydrogen (secondary N) is 4. The zero-order valence-corrected chi connectivity index (χ0v) is 41.1. The molecule has 0 aliphatic heterocycles. The number of hydrogen-bond acceptors (Lipinski definition) is 8. The molecule has 6 aromatic rings. The minimum atomic E-state index is -0.285. The molecule has 0 saturated carbocycles. The van der Waals surface area contributed by atoms with Crippen molar-refractivity contribution in [2.75, 3.05) is 23.8 Å². The zero-order chi connectivity index (χ0) is 49.9. The minimum absolute atomic E-state index is 0.0239. The van der Waals surface area contributed by atoms with E-state index in [-0.39, 0.29) is 61.1 Å². The van der Waals surface area contributed by atoms with Crippen LogP contribution in [0.15, 0.2) is 140 Å². The van der Waals surface area contributed by atoms with Crippen molar-refractivity contribution in [3.8, 4) is 11.5 Å². The highest BCUT2D eigenvalue weighted by Crippen LogP contribution is 2.28. The lowest BCUT2D eigenvalue weighted by molar-refractivity contribution is 0.0921. The molecule has 0 fully saturated rings. The number of halogens is 3. The van der Waals surface area contributed by atoms with Crippen LogP contribution in [0.1, 0.15) is 93.1 Å². The maximum atomic E-state index is 12.8. The number of benzene rings is 6. The van der Waals surface area contributed by atoms with Crippen LogP contribution >= 0.6 is 34.8 Å². The maximum absolute atomic E-state index is 12.8. The molecule has 0 bridgehead atoms. The van der Waals surface area contributed by atoms with Crippen LogP contribution < -0.4 is 30.7 Å². The summed E-state index contributed by atoms with van der Waals surface area (Å²) in [5.74, 6) is 0.0787. The highest BCUT2D eigenvalue weighted by atomic mass is 35.5. The summed E-state index contributed by atoms with van der Waals surface area (Å²) in [6, 6.07) is 39.7. The Morgan fingerprint density at radius 2 is 0.855 bits per heavy atom. The molecule has 2 atom stereocenters. The van der Waals surface area contributed by atoms with Gasteiger partial charge < -0.3 is 41.0 Å². The van der Waals surface area contributed by atoms with E-state index < -0.39 is 0 Å². The molecule has 12 nitrogen and oxygen atoms in total. The summed E-state index contributed by atoms with van der Waals surface area (Å²) in [5.41, 5.74) is 5.17. The van der Waals surface area contributed by atoms with Crippen molar-refractivity contribution in [2.45, 2.75) is 77.7 Å². The highest BCUT2D eigenvalue weighted by Gasteiger charge is 2.19. The number of hydrogen-bond donors (Lipinski definition) is 6. The monoisotopic (exact) mass is 994 g/mol. The average Bonchev–Trinajstić information content (AvgIpc) is 3.32. The molecule has 0 radical (unpaired) electrons. The van der Waals surface area contributed by atoms with Crippen LogP contribution in [0, 0.1) is 0 Å². The third-order valence-corrected chi connectivity index (χ3v) is 11.1. The second-order valence-corrected chi connectivity index (χ2v) is 17.8. The van der Waals surface area contributed by atoms with E-state index in [1.807, 2.05) is 82.3 Å². The van der Waals surface area contributed by atoms with Crippen LogP contribution in [0.25, 0.3) is 0 Å². The summed E-state index contributed by atoms with van der Waals surface area (Å²) in [6.45, 7) is 7.48. The fraction of sp³-hybridized carbons (Fsp3) is 0.259. The first-order valence-electron chi connectivity index (χ1n) is 22.5. The van der Waals surface area contributed by atoms with Gasteiger partial charge in [0, 0.05) is 63.9 Å². The van der Waals surface area contributed by atoms with Crippen molar-refractivity contribution >= 4 is 69.8 Å². The molecule has 6 rings (SSSR count). The molecule has 0 unspecified atom stereocenters. The van der Waals surface area contributed by atoms with Crippen molar-refractivity contribution < 1.29 is 38.9 Å². The van der Waals surface area contributed by atoms with E-state index in [4.69, 9.17) is 44.3 Å². The van der Waals surface area contributed by atoms with E-state index in [0.29, 0.717) is 85.9 Å². The molecule has 0 spiro atoms. The molecule has 362 valence electrons. The minimum Gasteiger partial charge on any atom is -0.489 e. The van der Waals surface area contributed by atoms with Crippen molar-refractivity contribution in [2.24, 2.45) is 0 Å². The van der Waals surface area contributed by atoms with E-state index in [2.05, 4.69) is 21.3 Å². The Hall–Kier alpha value is -6.41. The molecule has 6 aromatic carbocycles. The first kappa shape index (κ1) is 53.5. The summed E-state index contributed by atoms with van der Waals surface area (Å²) in [5, 5.41) is 31.9. The van der Waals surface area contributed by atoms with Crippen LogP contribution in [0.4, 0.5) is 11.4 Å². The molecule has 69 heavy (non-hydrogen) atoms. The van der Waals surface area contributed by atoms with Gasteiger partial charge >= 0.3 is 0 Å². The standard InChI is InChI=1S/C27H28Cl2N2O4.C27H29ClN2O4/c1-17(2)35-25-12-7-20(16-24(25)29)27(34)31-23(13-14-32)15-18-3-10-22(11-4-18)30-26(33)19-5-8-21(28)9-6-19;1-18(2)34-25-13-10-21(17-24(25)28)27(33)30-23(14-15-31)16-19-8-11-22(12-9-19)29-26(32)20-6-4-3-5-7-20/h3-12,16-17,23,32H,13-15H2,1-2H3,(H,30,33)(H,31,34);3-13,17-18,23,31H,14-16H2,1-2H3,(H,29,32)(H,30,33)/t2*23-/m11/s1. The summed E-state index contributed by atoms with van der Waals surface area (Å²) < 4.78 is 11.2. The molecule has 0 aliphatic carbocycles. The van der Waals surface area contributed by atoms with Gasteiger partial charge in [-0.15, -0.1) is 0 Å². The molecule has 6 N–H and O–H groups in total. The predicted molar refractivity (Wildman–Crippen MR) is 274 cm³/mol. The topological polar surface area (TPSA) is 175 Å². The average molecular weight is 996 g/mol. The van der Waals surface area contributed by atoms with E-state index in [0.717, 1.165) is 11.1 Å². The van der Waals surface area contributed by atoms with Crippen LogP contribution in [0.3, 0.4) is 0 Å². The van der Waals surface area contributed by atoms with Crippen LogP contribution in [-0.2, 0) is 12.8 Å². The number of rotatable bonds is 20. The summed E-state index contributed by atoms with van der Waals surface area (Å²) in [4.78, 5) is 50.3. The first-order valence-corrected chi connectivity index (χ1v) is 23.6. The van der Waals surface area contributed by atoms with Gasteiger partial charge in [0.2, 0.25) is 0 Å². The number of aliphatic hydroxyl groups excluding tert-OH is 2. The van der Waals surface area contributed by atoms with Gasteiger partial charge in [-0.2, -0.15) is 0 Å². The summed E-state index contributed by atoms with van der Waals surface area (Å²) in [6.07, 6.45) is 1.79. The number of aliphatic hydroxyl groups is 2. The molecular weight excluding hydrogens is 939 g/mol. The van der Waals surface area contributed by atoms with Gasteiger partial charge in [-0.3, -0.25) is 19.2 Å². The smallest absolute Gasteiger partial charge is 0.255 e. The highest BCUT2D eigenvalue weighted by molar-refractivity contribution is 6.33. The molecule has 0 saturated heterocycles.